The monoisotopic (exact) mass is 386 g/mol. The summed E-state index contributed by atoms with van der Waals surface area (Å²) in [6, 6.07) is 6.50. The van der Waals surface area contributed by atoms with Gasteiger partial charge in [-0.05, 0) is 25.1 Å². The molecule has 0 aliphatic carbocycles. The highest BCUT2D eigenvalue weighted by Crippen LogP contribution is 2.15. The van der Waals surface area contributed by atoms with Gasteiger partial charge in [-0.15, -0.1) is 0 Å². The summed E-state index contributed by atoms with van der Waals surface area (Å²) < 4.78 is 5.44. The topological polar surface area (TPSA) is 144 Å². The number of nitrogens with two attached hydrogens (primary N) is 1. The Bertz CT molecular complexity index is 842. The van der Waals surface area contributed by atoms with Crippen LogP contribution in [0.15, 0.2) is 30.5 Å². The summed E-state index contributed by atoms with van der Waals surface area (Å²) in [6.45, 7) is 2.09. The number of hydrogen-bond acceptors (Lipinski definition) is 8. The Labute approximate surface area is 161 Å². The lowest BCUT2D eigenvalue weighted by molar-refractivity contribution is -0.0324. The van der Waals surface area contributed by atoms with Crippen LogP contribution in [0.4, 0.5) is 5.95 Å². The number of nitrogens with one attached hydrogen (secondary N) is 1. The largest absolute Gasteiger partial charge is 0.384 e. The third-order valence-electron chi connectivity index (χ3n) is 4.21. The van der Waals surface area contributed by atoms with Crippen molar-refractivity contribution in [3.63, 3.8) is 0 Å². The highest BCUT2D eigenvalue weighted by Gasteiger charge is 2.35. The highest BCUT2D eigenvalue weighted by atomic mass is 16.5. The summed E-state index contributed by atoms with van der Waals surface area (Å²) in [7, 11) is 0. The molecular weight excluding hydrogens is 364 g/mol. The lowest BCUT2D eigenvalue weighted by Crippen LogP contribution is -2.53. The van der Waals surface area contributed by atoms with Crippen LogP contribution >= 0.6 is 0 Å². The van der Waals surface area contributed by atoms with Crippen molar-refractivity contribution < 1.29 is 19.4 Å². The number of aryl methyl sites for hydroxylation is 1. The normalized spacial score (nSPS) is 19.7. The van der Waals surface area contributed by atoms with Crippen LogP contribution in [0.25, 0.3) is 0 Å². The van der Waals surface area contributed by atoms with Crippen molar-refractivity contribution in [3.05, 3.63) is 47.5 Å². The molecule has 2 aromatic heterocycles. The molecule has 2 amide bonds. The molecule has 3 heterocycles. The molecule has 2 aromatic rings. The number of amides is 2. The predicted molar refractivity (Wildman–Crippen MR) is 99.4 cm³/mol. The molecule has 148 valence electrons. The van der Waals surface area contributed by atoms with Gasteiger partial charge in [0.25, 0.3) is 11.8 Å². The van der Waals surface area contributed by atoms with Crippen molar-refractivity contribution in [2.45, 2.75) is 12.5 Å². The first-order chi connectivity index (χ1) is 13.4. The summed E-state index contributed by atoms with van der Waals surface area (Å²) in [5.41, 5.74) is 5.12. The van der Waals surface area contributed by atoms with Gasteiger partial charge in [0.15, 0.2) is 0 Å². The lowest BCUT2D eigenvalue weighted by Gasteiger charge is -2.30. The molecule has 1 fully saturated rings. The summed E-state index contributed by atoms with van der Waals surface area (Å²) >= 11 is 0. The summed E-state index contributed by atoms with van der Waals surface area (Å²) in [5, 5.41) is 13.6. The molecule has 10 nitrogen and oxygen atoms in total. The molecule has 0 radical (unpaired) electrons. The first-order valence-corrected chi connectivity index (χ1v) is 8.76. The Morgan fingerprint density at radius 3 is 2.89 bits per heavy atom. The molecule has 1 aliphatic heterocycles. The van der Waals surface area contributed by atoms with E-state index in [-0.39, 0.29) is 50.2 Å². The van der Waals surface area contributed by atoms with Gasteiger partial charge in [0.1, 0.15) is 17.0 Å². The van der Waals surface area contributed by atoms with Crippen molar-refractivity contribution >= 4 is 17.8 Å². The first-order valence-electron chi connectivity index (χ1n) is 8.76. The van der Waals surface area contributed by atoms with Crippen LogP contribution in [0.2, 0.25) is 0 Å². The van der Waals surface area contributed by atoms with E-state index in [1.165, 1.54) is 17.2 Å². The zero-order valence-corrected chi connectivity index (χ0v) is 15.5. The second kappa shape index (κ2) is 8.28. The number of ether oxygens (including phenoxy) is 1. The van der Waals surface area contributed by atoms with E-state index in [1.54, 1.807) is 25.1 Å². The third kappa shape index (κ3) is 4.78. The van der Waals surface area contributed by atoms with Gasteiger partial charge < -0.3 is 25.8 Å². The van der Waals surface area contributed by atoms with Gasteiger partial charge in [0.05, 0.1) is 26.3 Å². The highest BCUT2D eigenvalue weighted by molar-refractivity contribution is 5.93. The molecule has 3 rings (SSSR count). The molecular formula is C18H22N6O4. The molecule has 1 saturated heterocycles. The molecule has 4 N–H and O–H groups in total. The van der Waals surface area contributed by atoms with E-state index in [4.69, 9.17) is 10.5 Å². The van der Waals surface area contributed by atoms with E-state index >= 15 is 0 Å². The van der Waals surface area contributed by atoms with Crippen molar-refractivity contribution in [2.24, 2.45) is 0 Å². The SMILES string of the molecule is Cc1cc(C(=O)N2CCOC[C@](O)(CNC(=O)c3ccccn3)C2)nc(N)n1. The number of carbonyl (C=O) groups excluding carboxylic acids is 2. The molecule has 0 saturated carbocycles. The van der Waals surface area contributed by atoms with Gasteiger partial charge in [-0.3, -0.25) is 14.6 Å². The van der Waals surface area contributed by atoms with E-state index in [1.807, 2.05) is 0 Å². The maximum atomic E-state index is 12.8. The van der Waals surface area contributed by atoms with Crippen LogP contribution in [0.5, 0.6) is 0 Å². The fourth-order valence-corrected chi connectivity index (χ4v) is 2.89. The molecule has 0 bridgehead atoms. The summed E-state index contributed by atoms with van der Waals surface area (Å²) in [5.74, 6) is -0.806. The maximum absolute atomic E-state index is 12.8. The van der Waals surface area contributed by atoms with Gasteiger partial charge >= 0.3 is 0 Å². The second-order valence-corrected chi connectivity index (χ2v) is 6.65. The average Bonchev–Trinajstić information content (AvgIpc) is 2.87. The minimum absolute atomic E-state index is 0.00677. The van der Waals surface area contributed by atoms with Crippen molar-refractivity contribution in [1.29, 1.82) is 0 Å². The summed E-state index contributed by atoms with van der Waals surface area (Å²) in [6.07, 6.45) is 1.51. The van der Waals surface area contributed by atoms with E-state index in [9.17, 15) is 14.7 Å². The Balaban J connectivity index is 1.70. The summed E-state index contributed by atoms with van der Waals surface area (Å²) in [4.78, 5) is 38.3. The van der Waals surface area contributed by atoms with Gasteiger partial charge in [-0.2, -0.15) is 0 Å². The number of rotatable bonds is 4. The zero-order valence-electron chi connectivity index (χ0n) is 15.5. The van der Waals surface area contributed by atoms with E-state index in [0.29, 0.717) is 5.69 Å². The van der Waals surface area contributed by atoms with Gasteiger partial charge in [0, 0.05) is 18.4 Å². The van der Waals surface area contributed by atoms with Crippen molar-refractivity contribution in [2.75, 3.05) is 38.6 Å². The number of nitrogens with zero attached hydrogens (tertiary/aromatic N) is 4. The minimum Gasteiger partial charge on any atom is -0.384 e. The van der Waals surface area contributed by atoms with Gasteiger partial charge in [0.2, 0.25) is 5.95 Å². The Kier molecular flexibility index (Phi) is 5.81. The van der Waals surface area contributed by atoms with Crippen LogP contribution in [-0.2, 0) is 4.74 Å². The number of aromatic nitrogens is 3. The average molecular weight is 386 g/mol. The van der Waals surface area contributed by atoms with Crippen molar-refractivity contribution in [3.8, 4) is 0 Å². The molecule has 1 aliphatic rings. The number of pyridine rings is 1. The quantitative estimate of drug-likeness (QED) is 0.632. The van der Waals surface area contributed by atoms with Crippen LogP contribution in [0.1, 0.15) is 26.7 Å². The van der Waals surface area contributed by atoms with Crippen molar-refractivity contribution in [1.82, 2.24) is 25.2 Å². The lowest BCUT2D eigenvalue weighted by atomic mass is 10.0. The standard InChI is InChI=1S/C18H22N6O4/c1-12-8-14(23-17(19)22-12)16(26)24-6-7-28-11-18(27,10-24)9-21-15(25)13-4-2-3-5-20-13/h2-5,8,27H,6-7,9-11H2,1H3,(H,21,25)(H2,19,22,23)/t18-/m0/s1. The van der Waals surface area contributed by atoms with Crippen LogP contribution in [-0.4, -0.2) is 75.2 Å². The van der Waals surface area contributed by atoms with Gasteiger partial charge in [-0.25, -0.2) is 9.97 Å². The smallest absolute Gasteiger partial charge is 0.272 e. The number of carbonyl (C=O) groups is 2. The predicted octanol–water partition coefficient (Wildman–Crippen LogP) is -0.604. The Morgan fingerprint density at radius 2 is 2.18 bits per heavy atom. The number of aliphatic hydroxyl groups is 1. The van der Waals surface area contributed by atoms with E-state index in [2.05, 4.69) is 20.3 Å². The van der Waals surface area contributed by atoms with Gasteiger partial charge in [-0.1, -0.05) is 6.07 Å². The first kappa shape index (κ1) is 19.6. The zero-order chi connectivity index (χ0) is 20.1. The molecule has 10 heteroatoms. The number of hydrogen-bond donors (Lipinski definition) is 3. The number of nitrogen functional groups attached to an aromatic ring is 1. The van der Waals surface area contributed by atoms with E-state index in [0.717, 1.165) is 0 Å². The number of anilines is 1. The third-order valence-corrected chi connectivity index (χ3v) is 4.21. The molecule has 1 atom stereocenters. The van der Waals surface area contributed by atoms with Crippen LogP contribution in [0, 0.1) is 6.92 Å². The molecule has 0 aromatic carbocycles. The second-order valence-electron chi connectivity index (χ2n) is 6.65. The maximum Gasteiger partial charge on any atom is 0.272 e. The minimum atomic E-state index is -1.45. The van der Waals surface area contributed by atoms with Crippen LogP contribution < -0.4 is 11.1 Å². The van der Waals surface area contributed by atoms with Crippen LogP contribution in [0.3, 0.4) is 0 Å². The molecule has 0 unspecified atom stereocenters. The Morgan fingerprint density at radius 1 is 1.36 bits per heavy atom. The molecule has 28 heavy (non-hydrogen) atoms. The van der Waals surface area contributed by atoms with E-state index < -0.39 is 17.4 Å². The fraction of sp³-hybridized carbons (Fsp3) is 0.389. The fourth-order valence-electron chi connectivity index (χ4n) is 2.89. The number of β-amino-alcohol motifs (C(OH)–C–C–N with tert-alkyl or cyclic N) is 1. The Hall–Kier alpha value is -3.11. The molecule has 0 spiro atoms.